The smallest absolute Gasteiger partial charge is 0.310 e. The number of anilines is 1. The molecule has 0 saturated heterocycles. The van der Waals surface area contributed by atoms with Crippen molar-refractivity contribution in [2.75, 3.05) is 5.32 Å². The van der Waals surface area contributed by atoms with E-state index in [9.17, 15) is 19.5 Å². The number of amides is 2. The fourth-order valence-electron chi connectivity index (χ4n) is 3.43. The summed E-state index contributed by atoms with van der Waals surface area (Å²) in [5.41, 5.74) is 0.0707. The molecule has 3 N–H and O–H groups in total. The molecule has 0 aliphatic heterocycles. The SMILES string of the molecule is CCC(CC)(CC(=O)Nc1ccc(C(=O)NC2CCCC2)cc1)C(=O)O. The lowest BCUT2D eigenvalue weighted by molar-refractivity contribution is -0.151. The summed E-state index contributed by atoms with van der Waals surface area (Å²) in [5.74, 6) is -1.38. The van der Waals surface area contributed by atoms with Crippen molar-refractivity contribution in [3.8, 4) is 0 Å². The Morgan fingerprint density at radius 2 is 1.65 bits per heavy atom. The first-order valence-electron chi connectivity index (χ1n) is 9.34. The van der Waals surface area contributed by atoms with E-state index in [0.717, 1.165) is 25.7 Å². The molecule has 26 heavy (non-hydrogen) atoms. The Bertz CT molecular complexity index is 644. The van der Waals surface area contributed by atoms with Crippen LogP contribution < -0.4 is 10.6 Å². The molecule has 1 aliphatic carbocycles. The van der Waals surface area contributed by atoms with Crippen LogP contribution >= 0.6 is 0 Å². The first-order valence-corrected chi connectivity index (χ1v) is 9.34. The third-order valence-electron chi connectivity index (χ3n) is 5.43. The number of rotatable bonds is 8. The summed E-state index contributed by atoms with van der Waals surface area (Å²) in [4.78, 5) is 36.0. The zero-order valence-electron chi connectivity index (χ0n) is 15.5. The summed E-state index contributed by atoms with van der Waals surface area (Å²) >= 11 is 0. The zero-order chi connectivity index (χ0) is 19.2. The molecule has 6 nitrogen and oxygen atoms in total. The Hall–Kier alpha value is -2.37. The quantitative estimate of drug-likeness (QED) is 0.660. The minimum atomic E-state index is -1.04. The standard InChI is InChI=1S/C20H28N2O4/c1-3-20(4-2,19(25)26)13-17(23)21-16-11-9-14(10-12-16)18(24)22-15-7-5-6-8-15/h9-12,15H,3-8,13H2,1-2H3,(H,21,23)(H,22,24)(H,25,26). The number of carboxylic acids is 1. The van der Waals surface area contributed by atoms with Gasteiger partial charge in [-0.1, -0.05) is 26.7 Å². The second-order valence-corrected chi connectivity index (χ2v) is 7.05. The fraction of sp³-hybridized carbons (Fsp3) is 0.550. The Labute approximate surface area is 154 Å². The van der Waals surface area contributed by atoms with E-state index in [1.54, 1.807) is 38.1 Å². The lowest BCUT2D eigenvalue weighted by Gasteiger charge is -2.25. The summed E-state index contributed by atoms with van der Waals surface area (Å²) in [6.45, 7) is 3.56. The Morgan fingerprint density at radius 3 is 2.15 bits per heavy atom. The summed E-state index contributed by atoms with van der Waals surface area (Å²) in [6, 6.07) is 6.94. The van der Waals surface area contributed by atoms with Crippen molar-refractivity contribution < 1.29 is 19.5 Å². The van der Waals surface area contributed by atoms with Gasteiger partial charge in [0.25, 0.3) is 5.91 Å². The maximum absolute atomic E-state index is 12.2. The van der Waals surface area contributed by atoms with Gasteiger partial charge in [-0.15, -0.1) is 0 Å². The first-order chi connectivity index (χ1) is 12.4. The monoisotopic (exact) mass is 360 g/mol. The van der Waals surface area contributed by atoms with Gasteiger partial charge in [-0.05, 0) is 49.9 Å². The molecule has 2 amide bonds. The number of hydrogen-bond donors (Lipinski definition) is 3. The van der Waals surface area contributed by atoms with Gasteiger partial charge in [-0.2, -0.15) is 0 Å². The molecule has 0 unspecified atom stereocenters. The van der Waals surface area contributed by atoms with Crippen LogP contribution in [0.15, 0.2) is 24.3 Å². The van der Waals surface area contributed by atoms with Crippen LogP contribution in [0.25, 0.3) is 0 Å². The van der Waals surface area contributed by atoms with Gasteiger partial charge in [-0.3, -0.25) is 14.4 Å². The highest BCUT2D eigenvalue weighted by Gasteiger charge is 2.37. The molecule has 2 rings (SSSR count). The van der Waals surface area contributed by atoms with Gasteiger partial charge in [0, 0.05) is 23.7 Å². The van der Waals surface area contributed by atoms with Gasteiger partial charge < -0.3 is 15.7 Å². The molecular weight excluding hydrogens is 332 g/mol. The van der Waals surface area contributed by atoms with Gasteiger partial charge in [0.15, 0.2) is 0 Å². The number of benzene rings is 1. The van der Waals surface area contributed by atoms with Crippen LogP contribution in [0.2, 0.25) is 0 Å². The number of nitrogens with one attached hydrogen (secondary N) is 2. The van der Waals surface area contributed by atoms with Crippen molar-refractivity contribution in [3.63, 3.8) is 0 Å². The third kappa shape index (κ3) is 4.84. The Morgan fingerprint density at radius 1 is 1.08 bits per heavy atom. The van der Waals surface area contributed by atoms with Crippen LogP contribution in [-0.4, -0.2) is 28.9 Å². The number of aliphatic carboxylic acids is 1. The predicted octanol–water partition coefficient (Wildman–Crippen LogP) is 3.58. The van der Waals surface area contributed by atoms with Gasteiger partial charge in [0.2, 0.25) is 5.91 Å². The van der Waals surface area contributed by atoms with E-state index in [1.807, 2.05) is 0 Å². The highest BCUT2D eigenvalue weighted by atomic mass is 16.4. The average molecular weight is 360 g/mol. The van der Waals surface area contributed by atoms with Crippen molar-refractivity contribution in [2.24, 2.45) is 5.41 Å². The fourth-order valence-corrected chi connectivity index (χ4v) is 3.43. The molecule has 1 aromatic rings. The van der Waals surface area contributed by atoms with E-state index < -0.39 is 11.4 Å². The third-order valence-corrected chi connectivity index (χ3v) is 5.43. The average Bonchev–Trinajstić information content (AvgIpc) is 3.13. The van der Waals surface area contributed by atoms with Gasteiger partial charge in [-0.25, -0.2) is 0 Å². The lowest BCUT2D eigenvalue weighted by atomic mass is 9.79. The van der Waals surface area contributed by atoms with E-state index >= 15 is 0 Å². The molecule has 0 aromatic heterocycles. The van der Waals surface area contributed by atoms with E-state index in [-0.39, 0.29) is 24.3 Å². The van der Waals surface area contributed by atoms with Crippen LogP contribution in [0, 0.1) is 5.41 Å². The number of carbonyl (C=O) groups excluding carboxylic acids is 2. The molecule has 0 spiro atoms. The molecule has 1 aromatic carbocycles. The van der Waals surface area contributed by atoms with E-state index in [2.05, 4.69) is 10.6 Å². The van der Waals surface area contributed by atoms with Crippen molar-refractivity contribution in [2.45, 2.75) is 64.8 Å². The van der Waals surface area contributed by atoms with Gasteiger partial charge in [0.1, 0.15) is 0 Å². The van der Waals surface area contributed by atoms with E-state index in [4.69, 9.17) is 0 Å². The van der Waals surface area contributed by atoms with E-state index in [0.29, 0.717) is 24.1 Å². The summed E-state index contributed by atoms with van der Waals surface area (Å²) in [5, 5.41) is 15.2. The molecule has 142 valence electrons. The van der Waals surface area contributed by atoms with Crippen molar-refractivity contribution in [1.29, 1.82) is 0 Å². The second-order valence-electron chi connectivity index (χ2n) is 7.05. The van der Waals surface area contributed by atoms with Gasteiger partial charge >= 0.3 is 5.97 Å². The largest absolute Gasteiger partial charge is 0.481 e. The maximum Gasteiger partial charge on any atom is 0.310 e. The van der Waals surface area contributed by atoms with Crippen LogP contribution in [0.4, 0.5) is 5.69 Å². The van der Waals surface area contributed by atoms with Gasteiger partial charge in [0.05, 0.1) is 5.41 Å². The molecule has 1 saturated carbocycles. The highest BCUT2D eigenvalue weighted by molar-refractivity contribution is 5.97. The number of hydrogen-bond acceptors (Lipinski definition) is 3. The van der Waals surface area contributed by atoms with Crippen molar-refractivity contribution in [1.82, 2.24) is 5.32 Å². The summed E-state index contributed by atoms with van der Waals surface area (Å²) in [7, 11) is 0. The highest BCUT2D eigenvalue weighted by Crippen LogP contribution is 2.31. The molecule has 0 bridgehead atoms. The molecule has 0 radical (unpaired) electrons. The molecular formula is C20H28N2O4. The normalized spacial score (nSPS) is 14.8. The molecule has 0 atom stereocenters. The maximum atomic E-state index is 12.2. The number of carbonyl (C=O) groups is 3. The predicted molar refractivity (Wildman–Crippen MR) is 100 cm³/mol. The van der Waals surface area contributed by atoms with E-state index in [1.165, 1.54) is 0 Å². The topological polar surface area (TPSA) is 95.5 Å². The molecule has 6 heteroatoms. The van der Waals surface area contributed by atoms with Crippen molar-refractivity contribution in [3.05, 3.63) is 29.8 Å². The molecule has 1 aliphatic rings. The van der Waals surface area contributed by atoms with Crippen LogP contribution in [0.1, 0.15) is 69.2 Å². The second kappa shape index (κ2) is 8.83. The van der Waals surface area contributed by atoms with Crippen molar-refractivity contribution >= 4 is 23.5 Å². The molecule has 1 fully saturated rings. The minimum Gasteiger partial charge on any atom is -0.481 e. The summed E-state index contributed by atoms with van der Waals surface area (Å²) in [6.07, 6.45) is 5.09. The van der Waals surface area contributed by atoms with Crippen LogP contribution in [-0.2, 0) is 9.59 Å². The summed E-state index contributed by atoms with van der Waals surface area (Å²) < 4.78 is 0. The zero-order valence-corrected chi connectivity index (χ0v) is 15.5. The first kappa shape index (κ1) is 19.9. The lowest BCUT2D eigenvalue weighted by Crippen LogP contribution is -2.34. The Balaban J connectivity index is 1.94. The number of carboxylic acid groups (broad SMARTS) is 1. The minimum absolute atomic E-state index is 0.0702. The van der Waals surface area contributed by atoms with Crippen LogP contribution in [0.5, 0.6) is 0 Å². The Kier molecular flexibility index (Phi) is 6.77. The van der Waals surface area contributed by atoms with Crippen LogP contribution in [0.3, 0.4) is 0 Å². The molecule has 0 heterocycles.